The molecule has 2 aromatic carbocycles. The van der Waals surface area contributed by atoms with Crippen LogP contribution in [0.25, 0.3) is 0 Å². The first-order chi connectivity index (χ1) is 9.52. The zero-order valence-electron chi connectivity index (χ0n) is 10.6. The number of nitrogen functional groups attached to an aromatic ring is 1. The fourth-order valence-corrected chi connectivity index (χ4v) is 2.27. The molecule has 3 N–H and O–H groups in total. The molecule has 2 rings (SSSR count). The number of rotatable bonds is 3. The summed E-state index contributed by atoms with van der Waals surface area (Å²) >= 11 is 9.37. The largest absolute Gasteiger partial charge is 0.494 e. The molecule has 0 aliphatic rings. The average molecular weight is 356 g/mol. The second kappa shape index (κ2) is 6.15. The van der Waals surface area contributed by atoms with Gasteiger partial charge in [0, 0.05) is 4.47 Å². The van der Waals surface area contributed by atoms with Crippen molar-refractivity contribution in [2.24, 2.45) is 0 Å². The van der Waals surface area contributed by atoms with E-state index >= 15 is 0 Å². The van der Waals surface area contributed by atoms with Crippen LogP contribution in [0.4, 0.5) is 11.4 Å². The third-order valence-corrected chi connectivity index (χ3v) is 3.49. The van der Waals surface area contributed by atoms with Gasteiger partial charge in [0.2, 0.25) is 0 Å². The Bertz CT molecular complexity index is 662. The zero-order chi connectivity index (χ0) is 14.7. The van der Waals surface area contributed by atoms with Gasteiger partial charge < -0.3 is 15.8 Å². The van der Waals surface area contributed by atoms with Gasteiger partial charge in [-0.3, -0.25) is 4.79 Å². The van der Waals surface area contributed by atoms with Crippen LogP contribution in [0.5, 0.6) is 5.75 Å². The van der Waals surface area contributed by atoms with Crippen molar-refractivity contribution in [2.75, 3.05) is 18.2 Å². The van der Waals surface area contributed by atoms with E-state index in [0.29, 0.717) is 27.7 Å². The molecule has 2 aromatic rings. The molecule has 0 atom stereocenters. The Labute approximate surface area is 130 Å². The number of halogens is 2. The highest BCUT2D eigenvalue weighted by atomic mass is 79.9. The summed E-state index contributed by atoms with van der Waals surface area (Å²) in [6.07, 6.45) is 0. The topological polar surface area (TPSA) is 64.3 Å². The van der Waals surface area contributed by atoms with Crippen molar-refractivity contribution < 1.29 is 9.53 Å². The second-order valence-electron chi connectivity index (χ2n) is 4.01. The molecule has 6 heteroatoms. The fraction of sp³-hybridized carbons (Fsp3) is 0.0714. The highest BCUT2D eigenvalue weighted by Crippen LogP contribution is 2.29. The van der Waals surface area contributed by atoms with Gasteiger partial charge in [-0.05, 0) is 30.3 Å². The molecule has 0 aliphatic heterocycles. The van der Waals surface area contributed by atoms with Gasteiger partial charge >= 0.3 is 0 Å². The Morgan fingerprint density at radius 2 is 2.10 bits per heavy atom. The monoisotopic (exact) mass is 354 g/mol. The van der Waals surface area contributed by atoms with Crippen LogP contribution in [0.15, 0.2) is 40.9 Å². The van der Waals surface area contributed by atoms with Crippen LogP contribution in [-0.2, 0) is 0 Å². The summed E-state index contributed by atoms with van der Waals surface area (Å²) in [5.41, 5.74) is 7.04. The maximum Gasteiger partial charge on any atom is 0.259 e. The Hall–Kier alpha value is -1.72. The molecule has 0 aromatic heterocycles. The minimum atomic E-state index is -0.339. The summed E-state index contributed by atoms with van der Waals surface area (Å²) in [6.45, 7) is 0. The van der Waals surface area contributed by atoms with Crippen molar-refractivity contribution >= 4 is 44.8 Å². The van der Waals surface area contributed by atoms with Crippen LogP contribution in [0.2, 0.25) is 5.02 Å². The first-order valence-electron chi connectivity index (χ1n) is 5.72. The quantitative estimate of drug-likeness (QED) is 0.820. The van der Waals surface area contributed by atoms with Gasteiger partial charge in [-0.25, -0.2) is 0 Å². The Kier molecular flexibility index (Phi) is 4.52. The lowest BCUT2D eigenvalue weighted by Gasteiger charge is -2.12. The normalized spacial score (nSPS) is 10.2. The van der Waals surface area contributed by atoms with Crippen LogP contribution in [0.1, 0.15) is 10.4 Å². The van der Waals surface area contributed by atoms with E-state index in [9.17, 15) is 4.79 Å². The molecule has 0 aliphatic carbocycles. The fourth-order valence-electron chi connectivity index (χ4n) is 1.74. The van der Waals surface area contributed by atoms with Gasteiger partial charge in [0.25, 0.3) is 5.91 Å². The number of carbonyl (C=O) groups is 1. The van der Waals surface area contributed by atoms with Crippen molar-refractivity contribution in [1.82, 2.24) is 0 Å². The van der Waals surface area contributed by atoms with Crippen molar-refractivity contribution in [3.05, 3.63) is 51.5 Å². The third kappa shape index (κ3) is 3.05. The maximum atomic E-state index is 12.3. The second-order valence-corrected chi connectivity index (χ2v) is 5.33. The number of para-hydroxylation sites is 1. The van der Waals surface area contributed by atoms with Crippen molar-refractivity contribution in [3.63, 3.8) is 0 Å². The Morgan fingerprint density at radius 3 is 2.80 bits per heavy atom. The van der Waals surface area contributed by atoms with E-state index in [2.05, 4.69) is 21.2 Å². The molecular formula is C14H12BrClN2O2. The molecule has 0 saturated heterocycles. The molecular weight excluding hydrogens is 344 g/mol. The van der Waals surface area contributed by atoms with E-state index in [0.717, 1.165) is 4.47 Å². The molecule has 0 spiro atoms. The predicted molar refractivity (Wildman–Crippen MR) is 84.5 cm³/mol. The van der Waals surface area contributed by atoms with Crippen LogP contribution in [-0.4, -0.2) is 13.0 Å². The van der Waals surface area contributed by atoms with Crippen molar-refractivity contribution in [1.29, 1.82) is 0 Å². The van der Waals surface area contributed by atoms with Crippen molar-refractivity contribution in [3.8, 4) is 5.75 Å². The minimum Gasteiger partial charge on any atom is -0.494 e. The lowest BCUT2D eigenvalue weighted by molar-refractivity contribution is 0.102. The SMILES string of the molecule is COc1c(N)cccc1C(=O)Nc1cc(Br)ccc1Cl. The minimum absolute atomic E-state index is 0.339. The summed E-state index contributed by atoms with van der Waals surface area (Å²) < 4.78 is 5.98. The molecule has 0 radical (unpaired) electrons. The molecule has 104 valence electrons. The standard InChI is InChI=1S/C14H12BrClN2O2/c1-20-13-9(3-2-4-11(13)17)14(19)18-12-7-8(15)5-6-10(12)16/h2-7H,17H2,1H3,(H,18,19). The number of methoxy groups -OCH3 is 1. The highest BCUT2D eigenvalue weighted by Gasteiger charge is 2.15. The van der Waals surface area contributed by atoms with Crippen LogP contribution >= 0.6 is 27.5 Å². The van der Waals surface area contributed by atoms with Crippen LogP contribution in [0, 0.1) is 0 Å². The molecule has 0 heterocycles. The number of nitrogens with two attached hydrogens (primary N) is 1. The van der Waals surface area contributed by atoms with E-state index in [1.54, 1.807) is 36.4 Å². The molecule has 0 saturated carbocycles. The van der Waals surface area contributed by atoms with Gasteiger partial charge in [0.1, 0.15) is 0 Å². The molecule has 1 amide bonds. The maximum absolute atomic E-state index is 12.3. The van der Waals surface area contributed by atoms with Gasteiger partial charge in [0.15, 0.2) is 5.75 Å². The number of hydrogen-bond acceptors (Lipinski definition) is 3. The smallest absolute Gasteiger partial charge is 0.259 e. The number of anilines is 2. The number of hydrogen-bond donors (Lipinski definition) is 2. The zero-order valence-corrected chi connectivity index (χ0v) is 13.0. The number of benzene rings is 2. The first kappa shape index (κ1) is 14.7. The van der Waals surface area contributed by atoms with Gasteiger partial charge in [-0.1, -0.05) is 33.6 Å². The first-order valence-corrected chi connectivity index (χ1v) is 6.89. The molecule has 0 bridgehead atoms. The lowest BCUT2D eigenvalue weighted by atomic mass is 10.1. The van der Waals surface area contributed by atoms with E-state index < -0.39 is 0 Å². The van der Waals surface area contributed by atoms with Crippen LogP contribution < -0.4 is 15.8 Å². The van der Waals surface area contributed by atoms with Gasteiger partial charge in [0.05, 0.1) is 29.1 Å². The summed E-state index contributed by atoms with van der Waals surface area (Å²) in [7, 11) is 1.47. The van der Waals surface area contributed by atoms with Crippen molar-refractivity contribution in [2.45, 2.75) is 0 Å². The van der Waals surface area contributed by atoms with E-state index in [1.807, 2.05) is 0 Å². The lowest BCUT2D eigenvalue weighted by Crippen LogP contribution is -2.14. The highest BCUT2D eigenvalue weighted by molar-refractivity contribution is 9.10. The number of amides is 1. The Morgan fingerprint density at radius 1 is 1.35 bits per heavy atom. The number of ether oxygens (including phenoxy) is 1. The van der Waals surface area contributed by atoms with E-state index in [-0.39, 0.29) is 5.91 Å². The molecule has 0 unspecified atom stereocenters. The van der Waals surface area contributed by atoms with Crippen LogP contribution in [0.3, 0.4) is 0 Å². The molecule has 20 heavy (non-hydrogen) atoms. The van der Waals surface area contributed by atoms with Gasteiger partial charge in [-0.15, -0.1) is 0 Å². The summed E-state index contributed by atoms with van der Waals surface area (Å²) in [5.74, 6) is 0.00488. The molecule has 4 nitrogen and oxygen atoms in total. The van der Waals surface area contributed by atoms with E-state index in [4.69, 9.17) is 22.1 Å². The number of nitrogens with one attached hydrogen (secondary N) is 1. The average Bonchev–Trinajstić information content (AvgIpc) is 2.42. The predicted octanol–water partition coefficient (Wildman–Crippen LogP) is 3.95. The van der Waals surface area contributed by atoms with E-state index in [1.165, 1.54) is 7.11 Å². The number of carbonyl (C=O) groups excluding carboxylic acids is 1. The summed E-state index contributed by atoms with van der Waals surface area (Å²) in [4.78, 5) is 12.3. The summed E-state index contributed by atoms with van der Waals surface area (Å²) in [5, 5.41) is 3.18. The third-order valence-electron chi connectivity index (χ3n) is 2.67. The summed E-state index contributed by atoms with van der Waals surface area (Å²) in [6, 6.07) is 10.2. The van der Waals surface area contributed by atoms with Gasteiger partial charge in [-0.2, -0.15) is 0 Å². The molecule has 0 fully saturated rings. The Balaban J connectivity index is 2.33.